The van der Waals surface area contributed by atoms with Crippen molar-refractivity contribution in [2.24, 2.45) is 0 Å². The van der Waals surface area contributed by atoms with Gasteiger partial charge in [-0.25, -0.2) is 4.98 Å². The van der Waals surface area contributed by atoms with E-state index in [0.29, 0.717) is 6.42 Å². The highest BCUT2D eigenvalue weighted by Crippen LogP contribution is 2.21. The number of aromatic nitrogens is 2. The van der Waals surface area contributed by atoms with E-state index >= 15 is 0 Å². The van der Waals surface area contributed by atoms with Crippen LogP contribution in [-0.2, 0) is 11.2 Å². The normalized spacial score (nSPS) is 10.4. The van der Waals surface area contributed by atoms with Crippen LogP contribution in [0.1, 0.15) is 12.2 Å². The highest BCUT2D eigenvalue weighted by molar-refractivity contribution is 9.10. The Kier molecular flexibility index (Phi) is 3.58. The van der Waals surface area contributed by atoms with Gasteiger partial charge in [0.25, 0.3) is 0 Å². The van der Waals surface area contributed by atoms with E-state index in [1.54, 1.807) is 6.20 Å². The molecule has 0 fully saturated rings. The summed E-state index contributed by atoms with van der Waals surface area (Å²) in [6, 6.07) is 7.76. The molecule has 0 radical (unpaired) electrons. The van der Waals surface area contributed by atoms with E-state index in [1.807, 2.05) is 35.0 Å². The summed E-state index contributed by atoms with van der Waals surface area (Å²) in [6.07, 6.45) is 4.01. The van der Waals surface area contributed by atoms with Crippen molar-refractivity contribution in [3.8, 4) is 5.69 Å². The van der Waals surface area contributed by atoms with Crippen LogP contribution >= 0.6 is 15.9 Å². The lowest BCUT2D eigenvalue weighted by atomic mass is 10.2. The molecular weight excluding hydrogens is 284 g/mol. The van der Waals surface area contributed by atoms with Crippen molar-refractivity contribution in [2.45, 2.75) is 12.8 Å². The van der Waals surface area contributed by atoms with E-state index in [-0.39, 0.29) is 6.42 Å². The summed E-state index contributed by atoms with van der Waals surface area (Å²) in [5.41, 5.74) is 0.963. The molecular formula is C12H11BrN2O2. The third kappa shape index (κ3) is 2.74. The molecule has 0 bridgehead atoms. The van der Waals surface area contributed by atoms with Gasteiger partial charge in [0.1, 0.15) is 5.82 Å². The van der Waals surface area contributed by atoms with Gasteiger partial charge >= 0.3 is 5.97 Å². The number of aryl methyl sites for hydroxylation is 1. The minimum atomic E-state index is -0.813. The van der Waals surface area contributed by atoms with Crippen molar-refractivity contribution in [3.63, 3.8) is 0 Å². The number of imidazole rings is 1. The number of para-hydroxylation sites is 1. The zero-order valence-electron chi connectivity index (χ0n) is 9.01. The predicted octanol–water partition coefficient (Wildman–Crippen LogP) is 2.65. The van der Waals surface area contributed by atoms with Crippen molar-refractivity contribution >= 4 is 21.9 Å². The standard InChI is InChI=1S/C12H11BrN2O2/c13-9-3-1-2-4-10(9)15-8-7-14-11(15)5-6-12(16)17/h1-4,7-8H,5-6H2,(H,16,17). The van der Waals surface area contributed by atoms with Gasteiger partial charge < -0.3 is 9.67 Å². The molecule has 0 aliphatic carbocycles. The summed E-state index contributed by atoms with van der Waals surface area (Å²) in [7, 11) is 0. The van der Waals surface area contributed by atoms with Gasteiger partial charge in [-0.1, -0.05) is 12.1 Å². The molecule has 1 N–H and O–H groups in total. The summed E-state index contributed by atoms with van der Waals surface area (Å²) in [4.78, 5) is 14.7. The number of benzene rings is 1. The Hall–Kier alpha value is -1.62. The van der Waals surface area contributed by atoms with Crippen LogP contribution in [0.2, 0.25) is 0 Å². The molecule has 0 aliphatic rings. The number of carbonyl (C=O) groups is 1. The van der Waals surface area contributed by atoms with E-state index in [4.69, 9.17) is 5.11 Å². The highest BCUT2D eigenvalue weighted by Gasteiger charge is 2.09. The van der Waals surface area contributed by atoms with Gasteiger partial charge in [-0.15, -0.1) is 0 Å². The molecule has 17 heavy (non-hydrogen) atoms. The van der Waals surface area contributed by atoms with Crippen LogP contribution in [0.15, 0.2) is 41.1 Å². The number of halogens is 1. The van der Waals surface area contributed by atoms with E-state index in [9.17, 15) is 4.79 Å². The lowest BCUT2D eigenvalue weighted by molar-refractivity contribution is -0.137. The maximum Gasteiger partial charge on any atom is 0.303 e. The molecule has 0 saturated heterocycles. The number of nitrogens with zero attached hydrogens (tertiary/aromatic N) is 2. The second kappa shape index (κ2) is 5.14. The van der Waals surface area contributed by atoms with E-state index in [0.717, 1.165) is 16.0 Å². The number of aliphatic carboxylic acids is 1. The summed E-state index contributed by atoms with van der Waals surface area (Å²) in [5.74, 6) is -0.0639. The fourth-order valence-corrected chi connectivity index (χ4v) is 2.08. The van der Waals surface area contributed by atoms with Crippen molar-refractivity contribution in [1.82, 2.24) is 9.55 Å². The first-order valence-corrected chi connectivity index (χ1v) is 5.96. The van der Waals surface area contributed by atoms with Gasteiger partial charge in [0.2, 0.25) is 0 Å². The molecule has 5 heteroatoms. The molecule has 1 aromatic heterocycles. The number of hydrogen-bond donors (Lipinski definition) is 1. The SMILES string of the molecule is O=C(O)CCc1nccn1-c1ccccc1Br. The van der Waals surface area contributed by atoms with Crippen LogP contribution in [0.3, 0.4) is 0 Å². The molecule has 2 rings (SSSR count). The Balaban J connectivity index is 2.31. The largest absolute Gasteiger partial charge is 0.481 e. The van der Waals surface area contributed by atoms with Gasteiger partial charge in [-0.2, -0.15) is 0 Å². The third-order valence-corrected chi connectivity index (χ3v) is 3.06. The van der Waals surface area contributed by atoms with Crippen LogP contribution in [-0.4, -0.2) is 20.6 Å². The van der Waals surface area contributed by atoms with Crippen LogP contribution in [0.5, 0.6) is 0 Å². The Labute approximate surface area is 107 Å². The minimum absolute atomic E-state index is 0.0848. The average molecular weight is 295 g/mol. The van der Waals surface area contributed by atoms with Crippen molar-refractivity contribution < 1.29 is 9.90 Å². The van der Waals surface area contributed by atoms with E-state index in [1.165, 1.54) is 0 Å². The maximum absolute atomic E-state index is 10.6. The Morgan fingerprint density at radius 3 is 2.88 bits per heavy atom. The summed E-state index contributed by atoms with van der Waals surface area (Å²) in [5, 5.41) is 8.68. The molecule has 0 saturated carbocycles. The fourth-order valence-electron chi connectivity index (χ4n) is 1.60. The minimum Gasteiger partial charge on any atom is -0.481 e. The summed E-state index contributed by atoms with van der Waals surface area (Å²) >= 11 is 3.47. The molecule has 1 heterocycles. The van der Waals surface area contributed by atoms with E-state index < -0.39 is 5.97 Å². The Bertz CT molecular complexity index is 537. The summed E-state index contributed by atoms with van der Waals surface area (Å²) < 4.78 is 2.85. The molecule has 88 valence electrons. The van der Waals surface area contributed by atoms with Gasteiger partial charge in [0, 0.05) is 23.3 Å². The Morgan fingerprint density at radius 1 is 1.41 bits per heavy atom. The first kappa shape index (κ1) is 11.9. The molecule has 0 aliphatic heterocycles. The lowest BCUT2D eigenvalue weighted by Gasteiger charge is -2.08. The van der Waals surface area contributed by atoms with Gasteiger partial charge in [-0.05, 0) is 28.1 Å². The highest BCUT2D eigenvalue weighted by atomic mass is 79.9. The van der Waals surface area contributed by atoms with Crippen LogP contribution in [0.25, 0.3) is 5.69 Å². The molecule has 0 amide bonds. The maximum atomic E-state index is 10.6. The predicted molar refractivity (Wildman–Crippen MR) is 67.2 cm³/mol. The summed E-state index contributed by atoms with van der Waals surface area (Å²) in [6.45, 7) is 0. The molecule has 0 atom stereocenters. The number of hydrogen-bond acceptors (Lipinski definition) is 2. The monoisotopic (exact) mass is 294 g/mol. The quantitative estimate of drug-likeness (QED) is 0.943. The van der Waals surface area contributed by atoms with E-state index in [2.05, 4.69) is 20.9 Å². The third-order valence-electron chi connectivity index (χ3n) is 2.39. The second-order valence-electron chi connectivity index (χ2n) is 3.56. The lowest BCUT2D eigenvalue weighted by Crippen LogP contribution is -2.05. The first-order valence-electron chi connectivity index (χ1n) is 5.17. The van der Waals surface area contributed by atoms with Crippen LogP contribution in [0, 0.1) is 0 Å². The average Bonchev–Trinajstić information content (AvgIpc) is 2.75. The van der Waals surface area contributed by atoms with Crippen molar-refractivity contribution in [2.75, 3.05) is 0 Å². The van der Waals surface area contributed by atoms with Gasteiger partial charge in [0.05, 0.1) is 12.1 Å². The van der Waals surface area contributed by atoms with Gasteiger partial charge in [-0.3, -0.25) is 4.79 Å². The zero-order valence-corrected chi connectivity index (χ0v) is 10.6. The number of carboxylic acids is 1. The molecule has 4 nitrogen and oxygen atoms in total. The second-order valence-corrected chi connectivity index (χ2v) is 4.41. The molecule has 0 spiro atoms. The van der Waals surface area contributed by atoms with Gasteiger partial charge in [0.15, 0.2) is 0 Å². The van der Waals surface area contributed by atoms with Crippen molar-refractivity contribution in [3.05, 3.63) is 47.0 Å². The van der Waals surface area contributed by atoms with Crippen LogP contribution < -0.4 is 0 Å². The molecule has 1 aromatic carbocycles. The smallest absolute Gasteiger partial charge is 0.303 e. The van der Waals surface area contributed by atoms with Crippen LogP contribution in [0.4, 0.5) is 0 Å². The first-order chi connectivity index (χ1) is 8.18. The Morgan fingerprint density at radius 2 is 2.18 bits per heavy atom. The fraction of sp³-hybridized carbons (Fsp3) is 0.167. The number of carboxylic acid groups (broad SMARTS) is 1. The topological polar surface area (TPSA) is 55.1 Å². The number of rotatable bonds is 4. The molecule has 2 aromatic rings. The van der Waals surface area contributed by atoms with Crippen molar-refractivity contribution in [1.29, 1.82) is 0 Å². The molecule has 0 unspecified atom stereocenters. The zero-order chi connectivity index (χ0) is 12.3.